The van der Waals surface area contributed by atoms with Crippen LogP contribution in [0.2, 0.25) is 0 Å². The molecule has 0 bridgehead atoms. The minimum absolute atomic E-state index is 0.0463. The van der Waals surface area contributed by atoms with E-state index in [-0.39, 0.29) is 12.1 Å². The fourth-order valence-electron chi connectivity index (χ4n) is 2.23. The molecule has 0 aliphatic carbocycles. The number of hydrogen-bond acceptors (Lipinski definition) is 1. The minimum atomic E-state index is -0.558. The molecule has 2 aromatic carbocycles. The third kappa shape index (κ3) is 3.44. The van der Waals surface area contributed by atoms with E-state index in [0.717, 1.165) is 16.1 Å². The fourth-order valence-corrected chi connectivity index (χ4v) is 2.86. The van der Waals surface area contributed by atoms with Gasteiger partial charge in [-0.1, -0.05) is 40.2 Å². The molecule has 2 rings (SSSR count). The van der Waals surface area contributed by atoms with Crippen LogP contribution in [0, 0.1) is 11.6 Å². The van der Waals surface area contributed by atoms with Crippen LogP contribution in [0.15, 0.2) is 46.9 Å². The molecule has 1 N–H and O–H groups in total. The zero-order chi connectivity index (χ0) is 14.7. The molecule has 0 aliphatic rings. The highest BCUT2D eigenvalue weighted by Gasteiger charge is 2.16. The van der Waals surface area contributed by atoms with E-state index in [1.54, 1.807) is 0 Å². The zero-order valence-corrected chi connectivity index (χ0v) is 12.9. The Bertz CT molecular complexity index is 601. The Morgan fingerprint density at radius 3 is 2.25 bits per heavy atom. The first-order valence-corrected chi connectivity index (χ1v) is 7.23. The summed E-state index contributed by atoms with van der Waals surface area (Å²) in [6.07, 6.45) is 0. The predicted molar refractivity (Wildman–Crippen MR) is 80.5 cm³/mol. The summed E-state index contributed by atoms with van der Waals surface area (Å²) in [5.41, 5.74) is 1.56. The Balaban J connectivity index is 2.15. The Labute approximate surface area is 126 Å². The number of halogens is 3. The van der Waals surface area contributed by atoms with Crippen LogP contribution >= 0.6 is 15.9 Å². The van der Waals surface area contributed by atoms with Crippen molar-refractivity contribution in [2.75, 3.05) is 0 Å². The molecule has 2 unspecified atom stereocenters. The van der Waals surface area contributed by atoms with Gasteiger partial charge in [-0.15, -0.1) is 0 Å². The van der Waals surface area contributed by atoms with E-state index in [0.29, 0.717) is 5.56 Å². The first kappa shape index (κ1) is 15.1. The van der Waals surface area contributed by atoms with Gasteiger partial charge in [0, 0.05) is 28.2 Å². The third-order valence-electron chi connectivity index (χ3n) is 3.30. The summed E-state index contributed by atoms with van der Waals surface area (Å²) in [6.45, 7) is 3.88. The van der Waals surface area contributed by atoms with E-state index >= 15 is 0 Å². The van der Waals surface area contributed by atoms with Gasteiger partial charge < -0.3 is 5.32 Å². The Hall–Kier alpha value is -1.26. The van der Waals surface area contributed by atoms with Crippen molar-refractivity contribution in [3.8, 4) is 0 Å². The lowest BCUT2D eigenvalue weighted by molar-refractivity contribution is 0.469. The lowest BCUT2D eigenvalue weighted by atomic mass is 10.0. The summed E-state index contributed by atoms with van der Waals surface area (Å²) < 4.78 is 27.7. The summed E-state index contributed by atoms with van der Waals surface area (Å²) in [6, 6.07) is 11.4. The quantitative estimate of drug-likeness (QED) is 0.813. The summed E-state index contributed by atoms with van der Waals surface area (Å²) >= 11 is 3.50. The molecule has 2 atom stereocenters. The van der Waals surface area contributed by atoms with Crippen LogP contribution in [-0.2, 0) is 0 Å². The number of benzene rings is 2. The van der Waals surface area contributed by atoms with Gasteiger partial charge in [0.15, 0.2) is 0 Å². The molecule has 2 aromatic rings. The van der Waals surface area contributed by atoms with Gasteiger partial charge in [-0.2, -0.15) is 0 Å². The highest BCUT2D eigenvalue weighted by atomic mass is 79.9. The molecule has 0 spiro atoms. The maximum Gasteiger partial charge on any atom is 0.130 e. The van der Waals surface area contributed by atoms with Crippen LogP contribution in [0.25, 0.3) is 0 Å². The molecule has 20 heavy (non-hydrogen) atoms. The van der Waals surface area contributed by atoms with Crippen molar-refractivity contribution < 1.29 is 8.78 Å². The average Bonchev–Trinajstić information content (AvgIpc) is 2.38. The van der Waals surface area contributed by atoms with Crippen molar-refractivity contribution in [1.82, 2.24) is 5.32 Å². The van der Waals surface area contributed by atoms with Crippen LogP contribution in [0.5, 0.6) is 0 Å². The third-order valence-corrected chi connectivity index (χ3v) is 4.02. The summed E-state index contributed by atoms with van der Waals surface area (Å²) in [5.74, 6) is -1.08. The Kier molecular flexibility index (Phi) is 4.89. The molecule has 1 nitrogen and oxygen atoms in total. The van der Waals surface area contributed by atoms with Gasteiger partial charge in [-0.3, -0.25) is 0 Å². The molecule has 0 saturated carbocycles. The lowest BCUT2D eigenvalue weighted by Crippen LogP contribution is -2.23. The molecule has 106 valence electrons. The van der Waals surface area contributed by atoms with Crippen molar-refractivity contribution in [2.45, 2.75) is 25.9 Å². The van der Waals surface area contributed by atoms with E-state index in [9.17, 15) is 8.78 Å². The van der Waals surface area contributed by atoms with Gasteiger partial charge in [0.25, 0.3) is 0 Å². The van der Waals surface area contributed by atoms with Gasteiger partial charge in [-0.05, 0) is 31.5 Å². The average molecular weight is 340 g/mol. The maximum atomic E-state index is 13.7. The fraction of sp³-hybridized carbons (Fsp3) is 0.250. The second-order valence-electron chi connectivity index (χ2n) is 4.80. The van der Waals surface area contributed by atoms with E-state index < -0.39 is 11.6 Å². The summed E-state index contributed by atoms with van der Waals surface area (Å²) in [5, 5.41) is 3.32. The molecule has 0 fully saturated rings. The van der Waals surface area contributed by atoms with Gasteiger partial charge in [0.05, 0.1) is 0 Å². The van der Waals surface area contributed by atoms with Crippen LogP contribution < -0.4 is 5.32 Å². The van der Waals surface area contributed by atoms with Crippen molar-refractivity contribution in [3.05, 3.63) is 69.7 Å². The van der Waals surface area contributed by atoms with Crippen LogP contribution in [-0.4, -0.2) is 0 Å². The van der Waals surface area contributed by atoms with Crippen molar-refractivity contribution in [1.29, 1.82) is 0 Å². The second-order valence-corrected chi connectivity index (χ2v) is 5.65. The maximum absolute atomic E-state index is 13.7. The predicted octanol–water partition coefficient (Wildman–Crippen LogP) is 5.14. The van der Waals surface area contributed by atoms with Crippen LogP contribution in [0.1, 0.15) is 37.1 Å². The van der Waals surface area contributed by atoms with Crippen molar-refractivity contribution in [3.63, 3.8) is 0 Å². The van der Waals surface area contributed by atoms with Gasteiger partial charge >= 0.3 is 0 Å². The molecule has 4 heteroatoms. The summed E-state index contributed by atoms with van der Waals surface area (Å²) in [7, 11) is 0. The van der Waals surface area contributed by atoms with Crippen molar-refractivity contribution >= 4 is 15.9 Å². The molecule has 0 aromatic heterocycles. The Morgan fingerprint density at radius 1 is 0.950 bits per heavy atom. The second kappa shape index (κ2) is 6.46. The molecule has 0 heterocycles. The van der Waals surface area contributed by atoms with Crippen LogP contribution in [0.3, 0.4) is 0 Å². The number of nitrogens with one attached hydrogen (secondary N) is 1. The first-order valence-electron chi connectivity index (χ1n) is 6.44. The van der Waals surface area contributed by atoms with Gasteiger partial charge in [0.1, 0.15) is 11.6 Å². The van der Waals surface area contributed by atoms with Gasteiger partial charge in [0.2, 0.25) is 0 Å². The topological polar surface area (TPSA) is 12.0 Å². The van der Waals surface area contributed by atoms with E-state index in [1.165, 1.54) is 12.1 Å². The highest BCUT2D eigenvalue weighted by Crippen LogP contribution is 2.26. The van der Waals surface area contributed by atoms with E-state index in [2.05, 4.69) is 21.2 Å². The molecule has 0 saturated heterocycles. The number of hydrogen-bond donors (Lipinski definition) is 1. The van der Waals surface area contributed by atoms with E-state index in [1.807, 2.05) is 38.1 Å². The lowest BCUT2D eigenvalue weighted by Gasteiger charge is -2.22. The van der Waals surface area contributed by atoms with Gasteiger partial charge in [-0.25, -0.2) is 8.78 Å². The van der Waals surface area contributed by atoms with E-state index in [4.69, 9.17) is 0 Å². The standard InChI is InChI=1S/C16H16BrF2N/c1-10(13-5-3-4-6-15(13)17)20-11(2)14-8-7-12(18)9-16(14)19/h3-11,20H,1-2H3. The zero-order valence-electron chi connectivity index (χ0n) is 11.3. The first-order chi connectivity index (χ1) is 9.49. The largest absolute Gasteiger partial charge is 0.304 e. The SMILES string of the molecule is CC(NC(C)c1ccccc1Br)c1ccc(F)cc1F. The van der Waals surface area contributed by atoms with Crippen molar-refractivity contribution in [2.24, 2.45) is 0 Å². The number of rotatable bonds is 4. The molecule has 0 radical (unpaired) electrons. The molecular weight excluding hydrogens is 324 g/mol. The summed E-state index contributed by atoms with van der Waals surface area (Å²) in [4.78, 5) is 0. The Morgan fingerprint density at radius 2 is 1.60 bits per heavy atom. The van der Waals surface area contributed by atoms with Crippen LogP contribution in [0.4, 0.5) is 8.78 Å². The molecular formula is C16H16BrF2N. The monoisotopic (exact) mass is 339 g/mol. The molecule has 0 amide bonds. The highest BCUT2D eigenvalue weighted by molar-refractivity contribution is 9.10. The molecule has 0 aliphatic heterocycles. The smallest absolute Gasteiger partial charge is 0.130 e. The normalized spacial score (nSPS) is 14.1. The minimum Gasteiger partial charge on any atom is -0.304 e.